The zero-order chi connectivity index (χ0) is 16.4. The zero-order valence-corrected chi connectivity index (χ0v) is 13.0. The summed E-state index contributed by atoms with van der Waals surface area (Å²) in [5.74, 6) is 0.156. The van der Waals surface area contributed by atoms with Crippen LogP contribution in [0.25, 0.3) is 0 Å². The topological polar surface area (TPSA) is 33.2 Å². The summed E-state index contributed by atoms with van der Waals surface area (Å²) in [4.78, 5) is 18.4. The number of carbonyl (C=O) groups is 1. The van der Waals surface area contributed by atoms with E-state index >= 15 is 0 Å². The minimum atomic E-state index is -4.38. The van der Waals surface area contributed by atoms with Crippen molar-refractivity contribution in [3.8, 4) is 0 Å². The number of nitrogens with zero attached hydrogens (tertiary/aromatic N) is 2. The number of hydrogen-bond acceptors (Lipinski definition) is 3. The van der Waals surface area contributed by atoms with E-state index in [1.54, 1.807) is 22.4 Å². The molecule has 1 aromatic heterocycles. The summed E-state index contributed by atoms with van der Waals surface area (Å²) in [7, 11) is 0. The van der Waals surface area contributed by atoms with E-state index in [1.165, 1.54) is 12.1 Å². The molecule has 0 saturated carbocycles. The molecule has 0 atom stereocenters. The highest BCUT2D eigenvalue weighted by atomic mass is 32.1. The average molecular weight is 340 g/mol. The molecule has 2 heterocycles. The maximum atomic E-state index is 12.6. The largest absolute Gasteiger partial charge is 0.416 e. The van der Waals surface area contributed by atoms with Crippen LogP contribution < -0.4 is 0 Å². The Labute approximate surface area is 135 Å². The number of alkyl halides is 3. The molecule has 0 aliphatic carbocycles. The first-order valence-corrected chi connectivity index (χ1v) is 8.19. The molecule has 0 radical (unpaired) electrons. The van der Waals surface area contributed by atoms with E-state index in [0.29, 0.717) is 24.6 Å². The van der Waals surface area contributed by atoms with Gasteiger partial charge in [0, 0.05) is 36.1 Å². The number of amides is 1. The van der Waals surface area contributed by atoms with Crippen molar-refractivity contribution in [2.24, 2.45) is 0 Å². The summed E-state index contributed by atoms with van der Waals surface area (Å²) in [6, 6.07) is 4.40. The van der Waals surface area contributed by atoms with Crippen molar-refractivity contribution < 1.29 is 18.0 Å². The predicted octanol–water partition coefficient (Wildman–Crippen LogP) is 4.18. The third-order valence-corrected chi connectivity index (χ3v) is 4.98. The lowest BCUT2D eigenvalue weighted by Crippen LogP contribution is -2.37. The van der Waals surface area contributed by atoms with Crippen molar-refractivity contribution in [2.45, 2.75) is 24.9 Å². The monoisotopic (exact) mass is 340 g/mol. The molecule has 122 valence electrons. The second-order valence-corrected chi connectivity index (χ2v) is 6.44. The number of thiazole rings is 1. The minimum absolute atomic E-state index is 0.212. The molecule has 0 spiro atoms. The van der Waals surface area contributed by atoms with Crippen molar-refractivity contribution >= 4 is 17.2 Å². The molecular formula is C16H15F3N2OS. The van der Waals surface area contributed by atoms with Gasteiger partial charge in [0.2, 0.25) is 0 Å². The molecule has 1 fully saturated rings. The second-order valence-electron chi connectivity index (χ2n) is 5.51. The number of likely N-dealkylation sites (tertiary alicyclic amines) is 1. The van der Waals surface area contributed by atoms with Crippen molar-refractivity contribution in [3.63, 3.8) is 0 Å². The van der Waals surface area contributed by atoms with Gasteiger partial charge in [-0.2, -0.15) is 13.2 Å². The third-order valence-electron chi connectivity index (χ3n) is 4.04. The van der Waals surface area contributed by atoms with E-state index in [4.69, 9.17) is 0 Å². The van der Waals surface area contributed by atoms with Gasteiger partial charge in [0.05, 0.1) is 10.6 Å². The van der Waals surface area contributed by atoms with Crippen LogP contribution in [0.15, 0.2) is 35.8 Å². The van der Waals surface area contributed by atoms with Gasteiger partial charge in [-0.3, -0.25) is 4.79 Å². The highest BCUT2D eigenvalue weighted by Gasteiger charge is 2.31. The Kier molecular flexibility index (Phi) is 4.39. The van der Waals surface area contributed by atoms with Gasteiger partial charge in [0.25, 0.3) is 5.91 Å². The first kappa shape index (κ1) is 16.0. The van der Waals surface area contributed by atoms with Crippen LogP contribution in [0.4, 0.5) is 13.2 Å². The molecule has 3 nitrogen and oxygen atoms in total. The van der Waals surface area contributed by atoms with Crippen LogP contribution in [0, 0.1) is 0 Å². The van der Waals surface area contributed by atoms with Gasteiger partial charge in [-0.05, 0) is 37.1 Å². The molecule has 1 aliphatic rings. The number of benzene rings is 1. The molecule has 1 aliphatic heterocycles. The summed E-state index contributed by atoms with van der Waals surface area (Å²) in [6.07, 6.45) is -0.937. The first-order chi connectivity index (χ1) is 10.9. The molecule has 0 unspecified atom stereocenters. The Morgan fingerprint density at radius 2 is 1.83 bits per heavy atom. The van der Waals surface area contributed by atoms with Crippen LogP contribution >= 0.6 is 11.3 Å². The van der Waals surface area contributed by atoms with Gasteiger partial charge in [0.1, 0.15) is 0 Å². The summed E-state index contributed by atoms with van der Waals surface area (Å²) >= 11 is 1.62. The molecule has 3 rings (SSSR count). The molecule has 1 saturated heterocycles. The zero-order valence-electron chi connectivity index (χ0n) is 12.2. The van der Waals surface area contributed by atoms with Crippen LogP contribution in [0.3, 0.4) is 0 Å². The van der Waals surface area contributed by atoms with E-state index < -0.39 is 11.7 Å². The summed E-state index contributed by atoms with van der Waals surface area (Å²) in [5, 5.41) is 3.03. The Morgan fingerprint density at radius 3 is 2.35 bits per heavy atom. The Hall–Kier alpha value is -1.89. The van der Waals surface area contributed by atoms with Crippen molar-refractivity contribution in [1.29, 1.82) is 0 Å². The van der Waals surface area contributed by atoms with E-state index in [1.807, 2.05) is 5.38 Å². The maximum Gasteiger partial charge on any atom is 0.416 e. The van der Waals surface area contributed by atoms with Crippen LogP contribution in [-0.4, -0.2) is 28.9 Å². The molecular weight excluding hydrogens is 325 g/mol. The quantitative estimate of drug-likeness (QED) is 0.822. The highest BCUT2D eigenvalue weighted by Crippen LogP contribution is 2.31. The fourth-order valence-electron chi connectivity index (χ4n) is 2.75. The van der Waals surface area contributed by atoms with Gasteiger partial charge < -0.3 is 4.90 Å². The molecule has 1 amide bonds. The van der Waals surface area contributed by atoms with Crippen LogP contribution in [-0.2, 0) is 6.18 Å². The molecule has 23 heavy (non-hydrogen) atoms. The Bertz CT molecular complexity index is 660. The molecule has 2 aromatic rings. The second kappa shape index (κ2) is 6.31. The Morgan fingerprint density at radius 1 is 1.17 bits per heavy atom. The summed E-state index contributed by atoms with van der Waals surface area (Å²) in [5.41, 5.74) is -0.442. The van der Waals surface area contributed by atoms with E-state index in [-0.39, 0.29) is 5.91 Å². The molecule has 1 aromatic carbocycles. The van der Waals surface area contributed by atoms with Gasteiger partial charge in [0.15, 0.2) is 0 Å². The van der Waals surface area contributed by atoms with Crippen LogP contribution in [0.2, 0.25) is 0 Å². The smallest absolute Gasteiger partial charge is 0.339 e. The number of halogens is 3. The van der Waals surface area contributed by atoms with E-state index in [2.05, 4.69) is 4.98 Å². The number of hydrogen-bond donors (Lipinski definition) is 0. The maximum absolute atomic E-state index is 12.6. The lowest BCUT2D eigenvalue weighted by Gasteiger charge is -2.31. The Balaban J connectivity index is 1.63. The number of carbonyl (C=O) groups excluding carboxylic acids is 1. The van der Waals surface area contributed by atoms with Crippen LogP contribution in [0.1, 0.15) is 39.7 Å². The van der Waals surface area contributed by atoms with Gasteiger partial charge in [-0.25, -0.2) is 4.98 Å². The third kappa shape index (κ3) is 3.55. The SMILES string of the molecule is O=C(c1ccc(C(F)(F)F)cc1)N1CCC(c2nccs2)CC1. The fraction of sp³-hybridized carbons (Fsp3) is 0.375. The van der Waals surface area contributed by atoms with Gasteiger partial charge in [-0.15, -0.1) is 11.3 Å². The minimum Gasteiger partial charge on any atom is -0.339 e. The number of rotatable bonds is 2. The molecule has 7 heteroatoms. The lowest BCUT2D eigenvalue weighted by molar-refractivity contribution is -0.137. The summed E-state index contributed by atoms with van der Waals surface area (Å²) in [6.45, 7) is 1.20. The van der Waals surface area contributed by atoms with E-state index in [0.717, 1.165) is 30.0 Å². The van der Waals surface area contributed by atoms with Crippen molar-refractivity contribution in [1.82, 2.24) is 9.88 Å². The van der Waals surface area contributed by atoms with Gasteiger partial charge in [-0.1, -0.05) is 0 Å². The van der Waals surface area contributed by atoms with Crippen LogP contribution in [0.5, 0.6) is 0 Å². The van der Waals surface area contributed by atoms with Gasteiger partial charge >= 0.3 is 6.18 Å². The lowest BCUT2D eigenvalue weighted by atomic mass is 9.97. The highest BCUT2D eigenvalue weighted by molar-refractivity contribution is 7.09. The van der Waals surface area contributed by atoms with Crippen molar-refractivity contribution in [3.05, 3.63) is 52.0 Å². The number of aromatic nitrogens is 1. The predicted molar refractivity (Wildman–Crippen MR) is 81.4 cm³/mol. The normalized spacial score (nSPS) is 16.6. The number of piperidine rings is 1. The van der Waals surface area contributed by atoms with E-state index in [9.17, 15) is 18.0 Å². The first-order valence-electron chi connectivity index (χ1n) is 7.31. The molecule has 0 N–H and O–H groups in total. The summed E-state index contributed by atoms with van der Waals surface area (Å²) < 4.78 is 37.7. The van der Waals surface area contributed by atoms with Crippen molar-refractivity contribution in [2.75, 3.05) is 13.1 Å². The standard InChI is InChI=1S/C16H15F3N2OS/c17-16(18,19)13-3-1-12(2-4-13)15(22)21-8-5-11(6-9-21)14-20-7-10-23-14/h1-4,7,10-11H,5-6,8-9H2. The average Bonchev–Trinajstić information content (AvgIpc) is 3.08. The fourth-order valence-corrected chi connectivity index (χ4v) is 3.56. The molecule has 0 bridgehead atoms.